The zero-order valence-electron chi connectivity index (χ0n) is 11.4. The zero-order chi connectivity index (χ0) is 13.8. The van der Waals surface area contributed by atoms with E-state index < -0.39 is 5.82 Å². The van der Waals surface area contributed by atoms with Crippen molar-refractivity contribution in [2.45, 2.75) is 37.5 Å². The molecular formula is C14H21FN2OS. The summed E-state index contributed by atoms with van der Waals surface area (Å²) in [5, 5.41) is 4.04. The standard InChI is InChI=1S/C14H21FN2OS/c1-3-18-13-8-12(10(16)7-9(13)15)17-11-5-4-6-14(11)19-2/h7-8,11,14,17H,3-6,16H2,1-2H3. The average Bonchev–Trinajstić information content (AvgIpc) is 2.82. The van der Waals surface area contributed by atoms with Gasteiger partial charge in [0.1, 0.15) is 0 Å². The predicted octanol–water partition coefficient (Wildman–Crippen LogP) is 3.50. The summed E-state index contributed by atoms with van der Waals surface area (Å²) in [6.07, 6.45) is 5.71. The second-order valence-electron chi connectivity index (χ2n) is 4.76. The molecule has 1 saturated carbocycles. The van der Waals surface area contributed by atoms with Crippen LogP contribution in [-0.4, -0.2) is 24.2 Å². The molecule has 1 aliphatic rings. The molecular weight excluding hydrogens is 263 g/mol. The normalized spacial score (nSPS) is 22.5. The van der Waals surface area contributed by atoms with Gasteiger partial charge in [0.15, 0.2) is 11.6 Å². The van der Waals surface area contributed by atoms with Crippen molar-refractivity contribution in [3.63, 3.8) is 0 Å². The van der Waals surface area contributed by atoms with E-state index in [2.05, 4.69) is 11.6 Å². The van der Waals surface area contributed by atoms with Crippen LogP contribution in [0.2, 0.25) is 0 Å². The topological polar surface area (TPSA) is 47.3 Å². The summed E-state index contributed by atoms with van der Waals surface area (Å²) in [7, 11) is 0. The second-order valence-corrected chi connectivity index (χ2v) is 5.84. The lowest BCUT2D eigenvalue weighted by atomic mass is 10.2. The Balaban J connectivity index is 2.17. The van der Waals surface area contributed by atoms with Gasteiger partial charge in [-0.05, 0) is 26.0 Å². The van der Waals surface area contributed by atoms with Gasteiger partial charge in [-0.1, -0.05) is 6.42 Å². The number of anilines is 2. The maximum Gasteiger partial charge on any atom is 0.167 e. The highest BCUT2D eigenvalue weighted by Crippen LogP contribution is 2.34. The molecule has 0 bridgehead atoms. The van der Waals surface area contributed by atoms with E-state index in [1.807, 2.05) is 18.7 Å². The number of hydrogen-bond donors (Lipinski definition) is 2. The van der Waals surface area contributed by atoms with Crippen LogP contribution in [0, 0.1) is 5.82 Å². The number of nitrogens with two attached hydrogens (primary N) is 1. The monoisotopic (exact) mass is 284 g/mol. The molecule has 106 valence electrons. The largest absolute Gasteiger partial charge is 0.491 e. The lowest BCUT2D eigenvalue weighted by Gasteiger charge is -2.22. The lowest BCUT2D eigenvalue weighted by molar-refractivity contribution is 0.322. The highest BCUT2D eigenvalue weighted by atomic mass is 32.2. The predicted molar refractivity (Wildman–Crippen MR) is 80.5 cm³/mol. The van der Waals surface area contributed by atoms with Gasteiger partial charge >= 0.3 is 0 Å². The van der Waals surface area contributed by atoms with Crippen molar-refractivity contribution in [2.24, 2.45) is 0 Å². The minimum atomic E-state index is -0.405. The first-order chi connectivity index (χ1) is 9.15. The van der Waals surface area contributed by atoms with E-state index in [1.165, 1.54) is 18.9 Å². The van der Waals surface area contributed by atoms with Gasteiger partial charge in [-0.2, -0.15) is 11.8 Å². The third-order valence-corrected chi connectivity index (χ3v) is 4.67. The highest BCUT2D eigenvalue weighted by Gasteiger charge is 2.27. The Hall–Kier alpha value is -1.10. The zero-order valence-corrected chi connectivity index (χ0v) is 12.2. The van der Waals surface area contributed by atoms with Gasteiger partial charge < -0.3 is 15.8 Å². The van der Waals surface area contributed by atoms with E-state index >= 15 is 0 Å². The third kappa shape index (κ3) is 3.26. The Bertz CT molecular complexity index is 442. The fourth-order valence-corrected chi connectivity index (χ4v) is 3.47. The van der Waals surface area contributed by atoms with E-state index in [0.717, 1.165) is 12.1 Å². The van der Waals surface area contributed by atoms with Crippen molar-refractivity contribution < 1.29 is 9.13 Å². The van der Waals surface area contributed by atoms with Crippen LogP contribution < -0.4 is 15.8 Å². The first-order valence-corrected chi connectivity index (χ1v) is 7.95. The number of hydrogen-bond acceptors (Lipinski definition) is 4. The van der Waals surface area contributed by atoms with Crippen molar-refractivity contribution in [3.8, 4) is 5.75 Å². The van der Waals surface area contributed by atoms with E-state index in [1.54, 1.807) is 6.07 Å². The molecule has 1 aliphatic carbocycles. The summed E-state index contributed by atoms with van der Waals surface area (Å²) >= 11 is 1.87. The number of halogens is 1. The van der Waals surface area contributed by atoms with E-state index in [0.29, 0.717) is 23.6 Å². The fourth-order valence-electron chi connectivity index (χ4n) is 2.53. The van der Waals surface area contributed by atoms with E-state index in [4.69, 9.17) is 10.5 Å². The first kappa shape index (κ1) is 14.3. The van der Waals surface area contributed by atoms with Gasteiger partial charge in [0, 0.05) is 23.4 Å². The van der Waals surface area contributed by atoms with Crippen LogP contribution in [0.5, 0.6) is 5.75 Å². The smallest absolute Gasteiger partial charge is 0.167 e. The molecule has 0 amide bonds. The number of rotatable bonds is 5. The Morgan fingerprint density at radius 3 is 2.95 bits per heavy atom. The molecule has 5 heteroatoms. The molecule has 2 unspecified atom stereocenters. The Morgan fingerprint density at radius 2 is 2.26 bits per heavy atom. The Morgan fingerprint density at radius 1 is 1.47 bits per heavy atom. The minimum Gasteiger partial charge on any atom is -0.491 e. The lowest BCUT2D eigenvalue weighted by Crippen LogP contribution is -2.26. The van der Waals surface area contributed by atoms with Crippen molar-refractivity contribution in [1.82, 2.24) is 0 Å². The summed E-state index contributed by atoms with van der Waals surface area (Å²) in [5.74, 6) is -0.143. The van der Waals surface area contributed by atoms with Gasteiger partial charge in [-0.3, -0.25) is 0 Å². The van der Waals surface area contributed by atoms with Crippen molar-refractivity contribution in [3.05, 3.63) is 17.9 Å². The maximum atomic E-state index is 13.6. The molecule has 19 heavy (non-hydrogen) atoms. The number of ether oxygens (including phenoxy) is 1. The summed E-state index contributed by atoms with van der Waals surface area (Å²) in [5.41, 5.74) is 7.10. The van der Waals surface area contributed by atoms with Crippen molar-refractivity contribution in [1.29, 1.82) is 0 Å². The number of nitrogen functional groups attached to an aromatic ring is 1. The van der Waals surface area contributed by atoms with Gasteiger partial charge in [0.05, 0.1) is 18.0 Å². The molecule has 0 saturated heterocycles. The first-order valence-electron chi connectivity index (χ1n) is 6.66. The third-order valence-electron chi connectivity index (χ3n) is 3.50. The Labute approximate surface area is 118 Å². The molecule has 0 aromatic heterocycles. The summed E-state index contributed by atoms with van der Waals surface area (Å²) in [4.78, 5) is 0. The van der Waals surface area contributed by atoms with E-state index in [9.17, 15) is 4.39 Å². The molecule has 2 atom stereocenters. The average molecular weight is 284 g/mol. The molecule has 0 heterocycles. The summed E-state index contributed by atoms with van der Waals surface area (Å²) in [6, 6.07) is 3.40. The van der Waals surface area contributed by atoms with Gasteiger partial charge in [0.25, 0.3) is 0 Å². The molecule has 0 spiro atoms. The quantitative estimate of drug-likeness (QED) is 0.812. The van der Waals surface area contributed by atoms with Crippen molar-refractivity contribution in [2.75, 3.05) is 23.9 Å². The SMILES string of the molecule is CCOc1cc(NC2CCCC2SC)c(N)cc1F. The fraction of sp³-hybridized carbons (Fsp3) is 0.571. The van der Waals surface area contributed by atoms with Gasteiger partial charge in [-0.25, -0.2) is 4.39 Å². The number of thioether (sulfide) groups is 1. The molecule has 1 aromatic carbocycles. The molecule has 0 aliphatic heterocycles. The summed E-state index contributed by atoms with van der Waals surface area (Å²) in [6.45, 7) is 2.28. The molecule has 2 rings (SSSR count). The summed E-state index contributed by atoms with van der Waals surface area (Å²) < 4.78 is 18.9. The molecule has 3 N–H and O–H groups in total. The second kappa shape index (κ2) is 6.37. The van der Waals surface area contributed by atoms with Crippen LogP contribution in [0.15, 0.2) is 12.1 Å². The minimum absolute atomic E-state index is 0.262. The van der Waals surface area contributed by atoms with Crippen LogP contribution in [0.4, 0.5) is 15.8 Å². The van der Waals surface area contributed by atoms with Gasteiger partial charge in [0.2, 0.25) is 0 Å². The molecule has 1 aromatic rings. The maximum absolute atomic E-state index is 13.6. The number of nitrogens with one attached hydrogen (secondary N) is 1. The number of benzene rings is 1. The van der Waals surface area contributed by atoms with Crippen LogP contribution in [0.3, 0.4) is 0 Å². The molecule has 0 radical (unpaired) electrons. The van der Waals surface area contributed by atoms with Crippen LogP contribution in [0.25, 0.3) is 0 Å². The van der Waals surface area contributed by atoms with E-state index in [-0.39, 0.29) is 5.75 Å². The van der Waals surface area contributed by atoms with Crippen molar-refractivity contribution >= 4 is 23.1 Å². The van der Waals surface area contributed by atoms with Crippen LogP contribution in [0.1, 0.15) is 26.2 Å². The van der Waals surface area contributed by atoms with Crippen LogP contribution >= 0.6 is 11.8 Å². The van der Waals surface area contributed by atoms with Crippen LogP contribution in [-0.2, 0) is 0 Å². The molecule has 3 nitrogen and oxygen atoms in total. The Kier molecular flexibility index (Phi) is 4.80. The van der Waals surface area contributed by atoms with Gasteiger partial charge in [-0.15, -0.1) is 0 Å². The molecule has 1 fully saturated rings. The highest BCUT2D eigenvalue weighted by molar-refractivity contribution is 7.99.